The molecule has 5 nitrogen and oxygen atoms in total. The highest BCUT2D eigenvalue weighted by Gasteiger charge is 2.12. The van der Waals surface area contributed by atoms with Gasteiger partial charge in [0, 0.05) is 12.7 Å². The molecule has 0 fully saturated rings. The van der Waals surface area contributed by atoms with Gasteiger partial charge in [0.15, 0.2) is 5.84 Å². The monoisotopic (exact) mass is 207 g/mol. The number of nitrogens with zero attached hydrogens (tertiary/aromatic N) is 3. The highest BCUT2D eigenvalue weighted by atomic mass is 16.4. The van der Waals surface area contributed by atoms with Crippen LogP contribution < -0.4 is 4.90 Å². The van der Waals surface area contributed by atoms with Crippen LogP contribution in [0.3, 0.4) is 0 Å². The second kappa shape index (κ2) is 4.99. The Balaban J connectivity index is 2.99. The minimum atomic E-state index is 0.198. The smallest absolute Gasteiger partial charge is 0.196 e. The molecular formula is C10H13N3O2. The molecule has 80 valence electrons. The van der Waals surface area contributed by atoms with Crippen molar-refractivity contribution in [3.63, 3.8) is 0 Å². The largest absolute Gasteiger partial charge is 0.411 e. The van der Waals surface area contributed by atoms with Crippen molar-refractivity contribution in [3.05, 3.63) is 30.3 Å². The second-order valence-electron chi connectivity index (χ2n) is 3.00. The van der Waals surface area contributed by atoms with Crippen molar-refractivity contribution in [1.82, 2.24) is 0 Å². The third kappa shape index (κ3) is 2.46. The molecule has 0 aromatic heterocycles. The summed E-state index contributed by atoms with van der Waals surface area (Å²) in [5.74, 6) is 0.198. The summed E-state index contributed by atoms with van der Waals surface area (Å²) in [6, 6.07) is 9.34. The predicted octanol–water partition coefficient (Wildman–Crippen LogP) is 1.76. The molecule has 1 rings (SSSR count). The normalized spacial score (nSPS) is 12.7. The summed E-state index contributed by atoms with van der Waals surface area (Å²) in [7, 11) is 1.72. The molecule has 0 saturated carbocycles. The number of anilines is 1. The zero-order valence-corrected chi connectivity index (χ0v) is 8.62. The maximum Gasteiger partial charge on any atom is 0.196 e. The fourth-order valence-corrected chi connectivity index (χ4v) is 1.20. The van der Waals surface area contributed by atoms with Crippen molar-refractivity contribution in [2.75, 3.05) is 11.9 Å². The van der Waals surface area contributed by atoms with Gasteiger partial charge >= 0.3 is 0 Å². The van der Waals surface area contributed by atoms with Gasteiger partial charge < -0.3 is 15.3 Å². The second-order valence-corrected chi connectivity index (χ2v) is 3.00. The van der Waals surface area contributed by atoms with Crippen LogP contribution in [0.4, 0.5) is 5.69 Å². The highest BCUT2D eigenvalue weighted by molar-refractivity contribution is 6.44. The molecule has 15 heavy (non-hydrogen) atoms. The van der Waals surface area contributed by atoms with E-state index in [1.54, 1.807) is 18.9 Å². The maximum atomic E-state index is 8.81. The minimum Gasteiger partial charge on any atom is -0.411 e. The number of oxime groups is 2. The van der Waals surface area contributed by atoms with E-state index in [9.17, 15) is 0 Å². The third-order valence-electron chi connectivity index (χ3n) is 2.03. The summed E-state index contributed by atoms with van der Waals surface area (Å²) in [6.45, 7) is 1.55. The van der Waals surface area contributed by atoms with Gasteiger partial charge in [-0.05, 0) is 19.1 Å². The molecule has 2 N–H and O–H groups in total. The molecule has 0 aliphatic rings. The molecule has 0 amide bonds. The lowest BCUT2D eigenvalue weighted by molar-refractivity contribution is 0.313. The average Bonchev–Trinajstić information content (AvgIpc) is 2.30. The van der Waals surface area contributed by atoms with Crippen molar-refractivity contribution < 1.29 is 10.4 Å². The van der Waals surface area contributed by atoms with Gasteiger partial charge in [0.1, 0.15) is 5.71 Å². The Bertz CT molecular complexity index is 374. The van der Waals surface area contributed by atoms with Crippen LogP contribution in [0.2, 0.25) is 0 Å². The summed E-state index contributed by atoms with van der Waals surface area (Å²) in [5.41, 5.74) is 1.08. The van der Waals surface area contributed by atoms with E-state index in [0.717, 1.165) is 5.69 Å². The van der Waals surface area contributed by atoms with Crippen LogP contribution >= 0.6 is 0 Å². The van der Waals surface area contributed by atoms with Crippen LogP contribution in [0, 0.1) is 0 Å². The SMILES string of the molecule is CC(=N\O)/C(=N\O)N(C)c1ccccc1. The lowest BCUT2D eigenvalue weighted by Crippen LogP contribution is -2.32. The molecular weight excluding hydrogens is 194 g/mol. The van der Waals surface area contributed by atoms with E-state index in [1.165, 1.54) is 0 Å². The van der Waals surface area contributed by atoms with Gasteiger partial charge in [-0.1, -0.05) is 28.5 Å². The van der Waals surface area contributed by atoms with E-state index in [0.29, 0.717) is 0 Å². The first-order valence-corrected chi connectivity index (χ1v) is 4.40. The van der Waals surface area contributed by atoms with Crippen LogP contribution in [0.1, 0.15) is 6.92 Å². The molecule has 0 aliphatic heterocycles. The fourth-order valence-electron chi connectivity index (χ4n) is 1.20. The molecule has 0 spiro atoms. The minimum absolute atomic E-state index is 0.198. The zero-order valence-electron chi connectivity index (χ0n) is 8.62. The van der Waals surface area contributed by atoms with E-state index >= 15 is 0 Å². The first-order valence-electron chi connectivity index (χ1n) is 4.40. The average molecular weight is 207 g/mol. The van der Waals surface area contributed by atoms with Crippen LogP contribution in [0.25, 0.3) is 0 Å². The Hall–Kier alpha value is -2.04. The standard InChI is InChI=1S/C10H13N3O2/c1-8(11-14)10(12-15)13(2)9-6-4-3-5-7-9/h3-7,14-15H,1-2H3/b11-8+,12-10+. The number of rotatable bonds is 2. The lowest BCUT2D eigenvalue weighted by Gasteiger charge is -2.18. The number of hydrogen-bond donors (Lipinski definition) is 2. The number of amidine groups is 1. The number of hydrogen-bond acceptors (Lipinski definition) is 4. The highest BCUT2D eigenvalue weighted by Crippen LogP contribution is 2.12. The van der Waals surface area contributed by atoms with Crippen LogP contribution in [-0.2, 0) is 0 Å². The first-order chi connectivity index (χ1) is 7.20. The van der Waals surface area contributed by atoms with Gasteiger partial charge in [0.2, 0.25) is 0 Å². The molecule has 0 radical (unpaired) electrons. The molecule has 0 aliphatic carbocycles. The first kappa shape index (κ1) is 11.0. The van der Waals surface area contributed by atoms with E-state index in [-0.39, 0.29) is 11.5 Å². The maximum absolute atomic E-state index is 8.81. The van der Waals surface area contributed by atoms with E-state index < -0.39 is 0 Å². The third-order valence-corrected chi connectivity index (χ3v) is 2.03. The van der Waals surface area contributed by atoms with Gasteiger partial charge in [-0.2, -0.15) is 0 Å². The molecule has 1 aromatic rings. The Morgan fingerprint density at radius 3 is 2.20 bits per heavy atom. The van der Waals surface area contributed by atoms with Crippen molar-refractivity contribution in [3.8, 4) is 0 Å². The summed E-state index contributed by atoms with van der Waals surface area (Å²) in [6.07, 6.45) is 0. The van der Waals surface area contributed by atoms with Crippen molar-refractivity contribution in [2.24, 2.45) is 10.3 Å². The molecule has 0 unspecified atom stereocenters. The summed E-state index contributed by atoms with van der Waals surface area (Å²) >= 11 is 0. The van der Waals surface area contributed by atoms with Gasteiger partial charge in [0.25, 0.3) is 0 Å². The van der Waals surface area contributed by atoms with Crippen LogP contribution in [0.5, 0.6) is 0 Å². The van der Waals surface area contributed by atoms with E-state index in [4.69, 9.17) is 10.4 Å². The van der Waals surface area contributed by atoms with Crippen LogP contribution in [0.15, 0.2) is 40.6 Å². The van der Waals surface area contributed by atoms with Gasteiger partial charge in [-0.25, -0.2) is 0 Å². The van der Waals surface area contributed by atoms with Crippen molar-refractivity contribution >= 4 is 17.2 Å². The number of para-hydroxylation sites is 1. The summed E-state index contributed by atoms with van der Waals surface area (Å²) in [4.78, 5) is 1.62. The van der Waals surface area contributed by atoms with Crippen LogP contribution in [-0.4, -0.2) is 29.0 Å². The van der Waals surface area contributed by atoms with Gasteiger partial charge in [-0.3, -0.25) is 0 Å². The predicted molar refractivity (Wildman–Crippen MR) is 59.0 cm³/mol. The fraction of sp³-hybridized carbons (Fsp3) is 0.200. The van der Waals surface area contributed by atoms with Gasteiger partial charge in [-0.15, -0.1) is 0 Å². The molecule has 0 bridgehead atoms. The molecule has 0 atom stereocenters. The molecule has 0 saturated heterocycles. The molecule has 1 aromatic carbocycles. The quantitative estimate of drug-likeness (QED) is 0.336. The van der Waals surface area contributed by atoms with Crippen molar-refractivity contribution in [2.45, 2.75) is 6.92 Å². The van der Waals surface area contributed by atoms with Crippen molar-refractivity contribution in [1.29, 1.82) is 0 Å². The topological polar surface area (TPSA) is 68.4 Å². The molecule has 5 heteroatoms. The summed E-state index contributed by atoms with van der Waals surface area (Å²) < 4.78 is 0. The van der Waals surface area contributed by atoms with Gasteiger partial charge in [0.05, 0.1) is 0 Å². The molecule has 0 heterocycles. The Morgan fingerprint density at radius 1 is 1.13 bits per heavy atom. The Kier molecular flexibility index (Phi) is 3.68. The zero-order chi connectivity index (χ0) is 11.3. The summed E-state index contributed by atoms with van der Waals surface area (Å²) in [5, 5.41) is 23.5. The van der Waals surface area contributed by atoms with E-state index in [2.05, 4.69) is 10.3 Å². The Labute approximate surface area is 87.9 Å². The van der Waals surface area contributed by atoms with E-state index in [1.807, 2.05) is 30.3 Å². The Morgan fingerprint density at radius 2 is 1.73 bits per heavy atom. The number of benzene rings is 1. The lowest BCUT2D eigenvalue weighted by atomic mass is 10.2.